The Morgan fingerprint density at radius 3 is 2.88 bits per heavy atom. The third-order valence-electron chi connectivity index (χ3n) is 4.73. The first kappa shape index (κ1) is 16.2. The summed E-state index contributed by atoms with van der Waals surface area (Å²) in [6, 6.07) is 2.32. The Kier molecular flexibility index (Phi) is 3.87. The quantitative estimate of drug-likeness (QED) is 0.648. The number of carbonyl (C=O) groups is 2. The number of hydrogen-bond acceptors (Lipinski definition) is 5. The number of nitrogens with zero attached hydrogens (tertiary/aromatic N) is 2. The summed E-state index contributed by atoms with van der Waals surface area (Å²) in [6.07, 6.45) is 9.10. The summed E-state index contributed by atoms with van der Waals surface area (Å²) < 4.78 is 4.87. The zero-order valence-electron chi connectivity index (χ0n) is 13.7. The summed E-state index contributed by atoms with van der Waals surface area (Å²) in [4.78, 5) is 38.3. The minimum atomic E-state index is -0.718. The number of carbonyl (C=O) groups excluding carboxylic acids is 2. The standard InChI is InChI=1S/C18H15N3O5/c22-17-13-4-2-1-3-11(13)12-6-5-10(9-14(12)20-17)19-18(23)15-7-8-16(26-15)21(24)25/h5-9,12H,1-4H2,(H,20,22). The maximum Gasteiger partial charge on any atom is 0.433 e. The largest absolute Gasteiger partial charge is 0.433 e. The topological polar surface area (TPSA) is 115 Å². The van der Waals surface area contributed by atoms with Crippen LogP contribution in [-0.4, -0.2) is 22.4 Å². The lowest BCUT2D eigenvalue weighted by atomic mass is 9.77. The molecule has 0 saturated carbocycles. The van der Waals surface area contributed by atoms with E-state index in [-0.39, 0.29) is 17.6 Å². The first-order chi connectivity index (χ1) is 12.5. The number of nitrogens with one attached hydrogen (secondary N) is 1. The van der Waals surface area contributed by atoms with E-state index in [1.54, 1.807) is 12.2 Å². The molecule has 0 bridgehead atoms. The van der Waals surface area contributed by atoms with E-state index in [9.17, 15) is 19.7 Å². The van der Waals surface area contributed by atoms with Crippen LogP contribution in [0.5, 0.6) is 0 Å². The molecule has 1 unspecified atom stereocenters. The van der Waals surface area contributed by atoms with Gasteiger partial charge in [0.2, 0.25) is 5.76 Å². The summed E-state index contributed by atoms with van der Waals surface area (Å²) in [5.74, 6) is -1.50. The summed E-state index contributed by atoms with van der Waals surface area (Å²) in [5, 5.41) is 13.5. The second-order valence-electron chi connectivity index (χ2n) is 6.34. The van der Waals surface area contributed by atoms with Crippen LogP contribution in [0.3, 0.4) is 0 Å². The van der Waals surface area contributed by atoms with E-state index in [1.807, 2.05) is 6.08 Å². The molecule has 0 fully saturated rings. The van der Waals surface area contributed by atoms with Crippen LogP contribution >= 0.6 is 0 Å². The fourth-order valence-electron chi connectivity index (χ4n) is 3.53. The van der Waals surface area contributed by atoms with Crippen LogP contribution in [0.25, 0.3) is 0 Å². The van der Waals surface area contributed by atoms with Gasteiger partial charge in [-0.1, -0.05) is 6.08 Å². The lowest BCUT2D eigenvalue weighted by Gasteiger charge is -2.33. The highest BCUT2D eigenvalue weighted by Crippen LogP contribution is 2.38. The molecule has 1 atom stereocenters. The van der Waals surface area contributed by atoms with Gasteiger partial charge >= 0.3 is 11.8 Å². The highest BCUT2D eigenvalue weighted by Gasteiger charge is 2.33. The average Bonchev–Trinajstić information content (AvgIpc) is 3.12. The molecule has 0 saturated heterocycles. The van der Waals surface area contributed by atoms with E-state index in [0.717, 1.165) is 42.9 Å². The van der Waals surface area contributed by atoms with Crippen molar-refractivity contribution in [2.75, 3.05) is 0 Å². The predicted octanol–water partition coefficient (Wildman–Crippen LogP) is 2.84. The van der Waals surface area contributed by atoms with E-state index in [0.29, 0.717) is 11.4 Å². The maximum absolute atomic E-state index is 12.3. The molecule has 26 heavy (non-hydrogen) atoms. The molecule has 1 aliphatic heterocycles. The molecule has 2 aliphatic carbocycles. The second-order valence-corrected chi connectivity index (χ2v) is 6.34. The van der Waals surface area contributed by atoms with Crippen molar-refractivity contribution in [1.29, 1.82) is 0 Å². The van der Waals surface area contributed by atoms with Crippen molar-refractivity contribution in [3.63, 3.8) is 0 Å². The Labute approximate surface area is 148 Å². The van der Waals surface area contributed by atoms with Crippen molar-refractivity contribution in [1.82, 2.24) is 5.32 Å². The average molecular weight is 353 g/mol. The van der Waals surface area contributed by atoms with Gasteiger partial charge in [-0.15, -0.1) is 0 Å². The number of nitro groups is 1. The van der Waals surface area contributed by atoms with E-state index in [2.05, 4.69) is 10.3 Å². The van der Waals surface area contributed by atoms with Crippen LogP contribution in [0.2, 0.25) is 0 Å². The van der Waals surface area contributed by atoms with Crippen molar-refractivity contribution in [2.24, 2.45) is 10.9 Å². The molecular weight excluding hydrogens is 338 g/mol. The van der Waals surface area contributed by atoms with Crippen LogP contribution in [0.4, 0.5) is 5.88 Å². The second kappa shape index (κ2) is 6.21. The van der Waals surface area contributed by atoms with Crippen LogP contribution in [0, 0.1) is 16.0 Å². The van der Waals surface area contributed by atoms with Crippen LogP contribution < -0.4 is 5.32 Å². The molecule has 4 rings (SSSR count). The SMILES string of the molecule is O=C1NC2=CC(=NC(=O)c3ccc([N+](=O)[O-])o3)C=CC2C2=C1CCCC2. The van der Waals surface area contributed by atoms with Crippen molar-refractivity contribution in [2.45, 2.75) is 25.7 Å². The predicted molar refractivity (Wildman–Crippen MR) is 91.5 cm³/mol. The zero-order valence-corrected chi connectivity index (χ0v) is 13.7. The molecule has 1 aromatic heterocycles. The summed E-state index contributed by atoms with van der Waals surface area (Å²) in [5.41, 5.74) is 3.09. The summed E-state index contributed by atoms with van der Waals surface area (Å²) >= 11 is 0. The Morgan fingerprint density at radius 2 is 2.12 bits per heavy atom. The van der Waals surface area contributed by atoms with E-state index in [4.69, 9.17) is 4.42 Å². The Bertz CT molecular complexity index is 948. The van der Waals surface area contributed by atoms with Crippen molar-refractivity contribution in [3.05, 3.63) is 63.1 Å². The van der Waals surface area contributed by atoms with Gasteiger partial charge in [-0.05, 0) is 49.5 Å². The Morgan fingerprint density at radius 1 is 1.31 bits per heavy atom. The Hall–Kier alpha value is -3.29. The molecule has 0 spiro atoms. The number of rotatable bonds is 2. The molecule has 8 nitrogen and oxygen atoms in total. The van der Waals surface area contributed by atoms with E-state index >= 15 is 0 Å². The number of furan rings is 1. The molecule has 1 aromatic rings. The van der Waals surface area contributed by atoms with Gasteiger partial charge < -0.3 is 9.73 Å². The van der Waals surface area contributed by atoms with Crippen LogP contribution in [-0.2, 0) is 4.79 Å². The monoisotopic (exact) mass is 353 g/mol. The minimum Gasteiger partial charge on any atom is -0.395 e. The molecular formula is C18H15N3O5. The summed E-state index contributed by atoms with van der Waals surface area (Å²) in [6.45, 7) is 0. The van der Waals surface area contributed by atoms with Gasteiger partial charge in [0.1, 0.15) is 4.92 Å². The lowest BCUT2D eigenvalue weighted by Crippen LogP contribution is -2.37. The first-order valence-corrected chi connectivity index (χ1v) is 8.33. The van der Waals surface area contributed by atoms with E-state index in [1.165, 1.54) is 6.07 Å². The lowest BCUT2D eigenvalue weighted by molar-refractivity contribution is -0.402. The molecule has 2 heterocycles. The normalized spacial score (nSPS) is 23.2. The maximum atomic E-state index is 12.3. The van der Waals surface area contributed by atoms with E-state index < -0.39 is 16.7 Å². The van der Waals surface area contributed by atoms with Gasteiger partial charge in [0.25, 0.3) is 5.91 Å². The Balaban J connectivity index is 1.60. The minimum absolute atomic E-state index is 0.0155. The number of aliphatic imine (C=N–C) groups is 1. The smallest absolute Gasteiger partial charge is 0.395 e. The van der Waals surface area contributed by atoms with Gasteiger partial charge in [0.15, 0.2) is 0 Å². The highest BCUT2D eigenvalue weighted by atomic mass is 16.6. The molecule has 0 radical (unpaired) electrons. The fraction of sp³-hybridized carbons (Fsp3) is 0.278. The van der Waals surface area contributed by atoms with Gasteiger partial charge in [-0.3, -0.25) is 19.7 Å². The summed E-state index contributed by atoms with van der Waals surface area (Å²) in [7, 11) is 0. The number of amides is 2. The zero-order chi connectivity index (χ0) is 18.3. The van der Waals surface area contributed by atoms with Gasteiger partial charge in [0, 0.05) is 17.2 Å². The van der Waals surface area contributed by atoms with Crippen molar-refractivity contribution < 1.29 is 18.9 Å². The molecule has 2 amide bonds. The third kappa shape index (κ3) is 2.79. The molecule has 1 N–H and O–H groups in total. The van der Waals surface area contributed by atoms with Crippen molar-refractivity contribution >= 4 is 23.4 Å². The first-order valence-electron chi connectivity index (χ1n) is 8.33. The third-order valence-corrected chi connectivity index (χ3v) is 4.73. The number of allylic oxidation sites excluding steroid dienone is 3. The highest BCUT2D eigenvalue weighted by molar-refractivity contribution is 6.13. The van der Waals surface area contributed by atoms with Gasteiger partial charge in [-0.25, -0.2) is 4.99 Å². The molecule has 3 aliphatic rings. The van der Waals surface area contributed by atoms with Gasteiger partial charge in [0.05, 0.1) is 11.8 Å². The van der Waals surface area contributed by atoms with Gasteiger partial charge in [-0.2, -0.15) is 0 Å². The van der Waals surface area contributed by atoms with Crippen LogP contribution in [0.1, 0.15) is 36.2 Å². The molecule has 8 heteroatoms. The molecule has 132 valence electrons. The molecule has 0 aromatic carbocycles. The number of fused-ring (bicyclic) bond motifs is 2. The van der Waals surface area contributed by atoms with Crippen molar-refractivity contribution in [3.8, 4) is 0 Å². The van der Waals surface area contributed by atoms with Crippen LogP contribution in [0.15, 0.2) is 56.6 Å². The fourth-order valence-corrected chi connectivity index (χ4v) is 3.53. The number of hydrogen-bond donors (Lipinski definition) is 1.